The van der Waals surface area contributed by atoms with E-state index < -0.39 is 36.7 Å². The summed E-state index contributed by atoms with van der Waals surface area (Å²) in [5.74, 6) is -0.0396. The number of rotatable bonds is 17. The van der Waals surface area contributed by atoms with Gasteiger partial charge in [0, 0.05) is 67.9 Å². The molecule has 71 heavy (non-hydrogen) atoms. The number of ketones is 1. The molecule has 2 aromatic carbocycles. The van der Waals surface area contributed by atoms with Crippen LogP contribution < -0.4 is 16.4 Å². The topological polar surface area (TPSA) is 203 Å². The van der Waals surface area contributed by atoms with E-state index in [0.717, 1.165) is 55.1 Å². The van der Waals surface area contributed by atoms with Gasteiger partial charge in [-0.3, -0.25) is 24.2 Å². The highest BCUT2D eigenvalue weighted by molar-refractivity contribution is 6.48. The maximum absolute atomic E-state index is 14.6. The van der Waals surface area contributed by atoms with Gasteiger partial charge >= 0.3 is 7.12 Å². The fraction of sp³-hybridized carbons (Fsp3) is 0.545. The second-order valence-corrected chi connectivity index (χ2v) is 22.3. The number of benzene rings is 2. The van der Waals surface area contributed by atoms with Crippen molar-refractivity contribution in [3.63, 3.8) is 0 Å². The first-order valence-corrected chi connectivity index (χ1v) is 25.9. The summed E-state index contributed by atoms with van der Waals surface area (Å²) in [7, 11) is -0.770. The minimum Gasteiger partial charge on any atom is -0.404 e. The summed E-state index contributed by atoms with van der Waals surface area (Å²) in [6, 6.07) is 16.7. The number of fused-ring (bicyclic) bond motifs is 1. The van der Waals surface area contributed by atoms with Crippen molar-refractivity contribution in [1.82, 2.24) is 30.1 Å². The lowest BCUT2D eigenvalue weighted by molar-refractivity contribution is -0.212. The summed E-state index contributed by atoms with van der Waals surface area (Å²) >= 11 is 0. The van der Waals surface area contributed by atoms with Crippen LogP contribution in [-0.4, -0.2) is 104 Å². The van der Waals surface area contributed by atoms with Gasteiger partial charge in [-0.25, -0.2) is 9.98 Å². The molecule has 8 atom stereocenters. The zero-order valence-electron chi connectivity index (χ0n) is 42.1. The number of nitrogens with two attached hydrogens (primary N) is 1. The van der Waals surface area contributed by atoms with Crippen molar-refractivity contribution in [2.24, 2.45) is 51.6 Å². The average Bonchev–Trinajstić information content (AvgIpc) is 3.94. The van der Waals surface area contributed by atoms with E-state index in [-0.39, 0.29) is 83.6 Å². The number of hydrogen-bond donors (Lipinski definition) is 4. The molecule has 5 fully saturated rings. The van der Waals surface area contributed by atoms with Crippen molar-refractivity contribution in [3.05, 3.63) is 102 Å². The molecule has 5 N–H and O–H groups in total. The minimum atomic E-state index is -0.910. The largest absolute Gasteiger partial charge is 0.481 e. The third-order valence-corrected chi connectivity index (χ3v) is 16.5. The first-order chi connectivity index (χ1) is 34.0. The first-order valence-electron chi connectivity index (χ1n) is 25.9. The Morgan fingerprint density at radius 3 is 2.49 bits per heavy atom. The van der Waals surface area contributed by atoms with E-state index in [1.54, 1.807) is 6.08 Å². The molecule has 6 aliphatic rings. The van der Waals surface area contributed by atoms with Crippen LogP contribution in [-0.2, 0) is 36.7 Å². The predicted molar refractivity (Wildman–Crippen MR) is 273 cm³/mol. The standard InChI is InChI=1S/C55H71BN8O7/c1-33(2)24-49(62-52(68)42(25-36-10-8-7-9-11-36)61-53(69)43-32-58-18-19-59-43)56-70-48-28-38-27-47(54(38,5)6)55(48,71-56)31-50(67)64-21-15-35(16-22-64)14-20-63-23-17-37-26-39(12-13-44(37)63)60-51(57)41-29-40(34(3)4)45(65)30-46(41)66/h7-13,17-19,23,26,29,32-35,38,40,42,45,47-49,65H,14-16,20-22,24-25,27-28,30-31H2,1-6H3,(H2,57,60)(H,61,69)(H,62,68). The molecule has 2 aliphatic heterocycles. The molecule has 3 saturated carbocycles. The Kier molecular flexibility index (Phi) is 14.7. The summed E-state index contributed by atoms with van der Waals surface area (Å²) in [6.45, 7) is 15.1. The highest BCUT2D eigenvalue weighted by Crippen LogP contribution is 2.67. The number of aryl methyl sites for hydroxylation is 1. The Morgan fingerprint density at radius 1 is 1.01 bits per heavy atom. The van der Waals surface area contributed by atoms with Gasteiger partial charge in [0.05, 0.1) is 47.6 Å². The number of carbonyl (C=O) groups excluding carboxylic acids is 4. The van der Waals surface area contributed by atoms with Gasteiger partial charge in [0.15, 0.2) is 5.78 Å². The number of likely N-dealkylation sites (tertiary alicyclic amines) is 1. The lowest BCUT2D eigenvalue weighted by atomic mass is 9.43. The van der Waals surface area contributed by atoms with Crippen LogP contribution in [0.25, 0.3) is 10.9 Å². The van der Waals surface area contributed by atoms with Gasteiger partial charge in [-0.2, -0.15) is 0 Å². The summed E-state index contributed by atoms with van der Waals surface area (Å²) in [5.41, 5.74) is 8.70. The van der Waals surface area contributed by atoms with Crippen LogP contribution >= 0.6 is 0 Å². The van der Waals surface area contributed by atoms with Crippen molar-refractivity contribution in [3.8, 4) is 0 Å². The smallest absolute Gasteiger partial charge is 0.404 e. The second-order valence-electron chi connectivity index (χ2n) is 22.3. The molecular weight excluding hydrogens is 895 g/mol. The normalized spacial score (nSPS) is 26.2. The van der Waals surface area contributed by atoms with Crippen molar-refractivity contribution < 1.29 is 33.6 Å². The molecule has 4 aliphatic carbocycles. The van der Waals surface area contributed by atoms with Crippen LogP contribution in [0.1, 0.15) is 109 Å². The van der Waals surface area contributed by atoms with Crippen LogP contribution in [0.15, 0.2) is 96.0 Å². The van der Waals surface area contributed by atoms with E-state index in [2.05, 4.69) is 70.1 Å². The molecule has 15 nitrogen and oxygen atoms in total. The Hall–Kier alpha value is -5.71. The molecule has 8 unspecified atom stereocenters. The number of nitrogens with zero attached hydrogens (tertiary/aromatic N) is 5. The molecular formula is C55H71BN8O7. The number of aliphatic hydroxyl groups excluding tert-OH is 1. The average molecular weight is 967 g/mol. The minimum absolute atomic E-state index is 0.0230. The molecule has 16 heteroatoms. The molecule has 3 amide bonds. The Labute approximate surface area is 418 Å². The highest BCUT2D eigenvalue weighted by atomic mass is 16.7. The molecule has 4 aromatic rings. The summed E-state index contributed by atoms with van der Waals surface area (Å²) < 4.78 is 16.4. The predicted octanol–water partition coefficient (Wildman–Crippen LogP) is 6.79. The number of nitrogens with one attached hydrogen (secondary N) is 2. The van der Waals surface area contributed by atoms with Gasteiger partial charge in [-0.1, -0.05) is 78.0 Å². The number of amides is 3. The third kappa shape index (κ3) is 10.6. The SMILES string of the molecule is CC(C)CC(NC(=O)C(Cc1ccccc1)NC(=O)c1cnccn1)B1OC2CC3CC(C3(C)C)C2(CC(=O)N2CCC(CCn3ccc4cc(N=C(N)C5=CC(C(C)C)C(O)CC5=O)ccc43)CC2)O1. The van der Waals surface area contributed by atoms with Gasteiger partial charge in [0.1, 0.15) is 17.6 Å². The number of hydrogen-bond acceptors (Lipinski definition) is 10. The lowest BCUT2D eigenvalue weighted by Crippen LogP contribution is -2.68. The molecule has 2 saturated heterocycles. The number of amidine groups is 1. The summed E-state index contributed by atoms with van der Waals surface area (Å²) in [4.78, 5) is 69.9. The molecule has 376 valence electrons. The molecule has 0 spiro atoms. The second kappa shape index (κ2) is 20.8. The van der Waals surface area contributed by atoms with Gasteiger partial charge in [-0.15, -0.1) is 0 Å². The first kappa shape index (κ1) is 50.2. The zero-order valence-corrected chi connectivity index (χ0v) is 42.1. The van der Waals surface area contributed by atoms with Crippen molar-refractivity contribution in [2.45, 2.75) is 136 Å². The van der Waals surface area contributed by atoms with Gasteiger partial charge in [0.2, 0.25) is 11.8 Å². The molecule has 10 rings (SSSR count). The number of Topliss-reactive ketones (excluding diaryl/α,β-unsaturated/α-hetero) is 1. The third-order valence-electron chi connectivity index (χ3n) is 16.5. The molecule has 2 bridgehead atoms. The summed E-state index contributed by atoms with van der Waals surface area (Å²) in [6.07, 6.45) is 12.9. The lowest BCUT2D eigenvalue weighted by Gasteiger charge is -2.65. The molecule has 4 heterocycles. The van der Waals surface area contributed by atoms with E-state index in [1.165, 1.54) is 18.6 Å². The van der Waals surface area contributed by atoms with Crippen LogP contribution in [0.3, 0.4) is 0 Å². The Bertz CT molecular complexity index is 2650. The van der Waals surface area contributed by atoms with Crippen LogP contribution in [0.4, 0.5) is 5.69 Å². The van der Waals surface area contributed by atoms with E-state index >= 15 is 0 Å². The fourth-order valence-corrected chi connectivity index (χ4v) is 12.3. The Morgan fingerprint density at radius 2 is 1.79 bits per heavy atom. The fourth-order valence-electron chi connectivity index (χ4n) is 12.3. The summed E-state index contributed by atoms with van der Waals surface area (Å²) in [5, 5.41) is 17.6. The van der Waals surface area contributed by atoms with Gasteiger partial charge < -0.3 is 40.2 Å². The zero-order chi connectivity index (χ0) is 50.2. The maximum Gasteiger partial charge on any atom is 0.481 e. The van der Waals surface area contributed by atoms with Crippen molar-refractivity contribution in [1.29, 1.82) is 0 Å². The molecule has 2 aromatic heterocycles. The van der Waals surface area contributed by atoms with E-state index in [0.29, 0.717) is 42.6 Å². The Balaban J connectivity index is 0.833. The van der Waals surface area contributed by atoms with Crippen LogP contribution in [0.5, 0.6) is 0 Å². The van der Waals surface area contributed by atoms with E-state index in [9.17, 15) is 24.3 Å². The number of aliphatic imine (C=N–C) groups is 1. The van der Waals surface area contributed by atoms with Gasteiger partial charge in [0.25, 0.3) is 5.91 Å². The number of aliphatic hydroxyl groups is 1. The van der Waals surface area contributed by atoms with E-state index in [1.807, 2.05) is 67.3 Å². The monoisotopic (exact) mass is 967 g/mol. The van der Waals surface area contributed by atoms with E-state index in [4.69, 9.17) is 15.0 Å². The highest BCUT2D eigenvalue weighted by Gasteiger charge is 2.71. The van der Waals surface area contributed by atoms with Gasteiger partial charge in [-0.05, 0) is 103 Å². The number of aromatic nitrogens is 3. The quantitative estimate of drug-likeness (QED) is 0.0496. The number of piperidine rings is 1. The van der Waals surface area contributed by atoms with Crippen molar-refractivity contribution >= 4 is 53.0 Å². The van der Waals surface area contributed by atoms with Crippen LogP contribution in [0, 0.1) is 40.9 Å². The molecule has 0 radical (unpaired) electrons. The number of carbonyl (C=O) groups is 4. The van der Waals surface area contributed by atoms with Crippen LogP contribution in [0.2, 0.25) is 0 Å². The maximum atomic E-state index is 14.6. The van der Waals surface area contributed by atoms with Crippen molar-refractivity contribution in [2.75, 3.05) is 13.1 Å².